The van der Waals surface area contributed by atoms with Crippen LogP contribution in [-0.4, -0.2) is 42.9 Å². The summed E-state index contributed by atoms with van der Waals surface area (Å²) in [7, 11) is 3.91. The van der Waals surface area contributed by atoms with Crippen molar-refractivity contribution in [2.24, 2.45) is 0 Å². The van der Waals surface area contributed by atoms with Crippen LogP contribution in [0.4, 0.5) is 0 Å². The molecule has 1 aromatic carbocycles. The summed E-state index contributed by atoms with van der Waals surface area (Å²) in [5, 5.41) is 2.87. The average Bonchev–Trinajstić information content (AvgIpc) is 3.22. The second-order valence-corrected chi connectivity index (χ2v) is 8.38. The van der Waals surface area contributed by atoms with Crippen LogP contribution >= 0.6 is 22.9 Å². The van der Waals surface area contributed by atoms with Crippen LogP contribution in [0.1, 0.15) is 32.6 Å². The molecule has 1 unspecified atom stereocenters. The maximum atomic E-state index is 13.3. The minimum Gasteiger partial charge on any atom is -0.450 e. The van der Waals surface area contributed by atoms with Crippen molar-refractivity contribution in [3.8, 4) is 0 Å². The van der Waals surface area contributed by atoms with Crippen molar-refractivity contribution in [2.45, 2.75) is 13.0 Å². The molecule has 0 radical (unpaired) electrons. The largest absolute Gasteiger partial charge is 0.450 e. The number of thiophene rings is 1. The monoisotopic (exact) mass is 402 g/mol. The maximum absolute atomic E-state index is 13.3. The molecule has 1 atom stereocenters. The molecule has 1 aliphatic rings. The van der Waals surface area contributed by atoms with Crippen LogP contribution in [0.15, 0.2) is 38.9 Å². The van der Waals surface area contributed by atoms with Gasteiger partial charge in [-0.2, -0.15) is 0 Å². The van der Waals surface area contributed by atoms with E-state index in [0.29, 0.717) is 34.6 Å². The summed E-state index contributed by atoms with van der Waals surface area (Å²) in [6, 6.07) is 6.81. The summed E-state index contributed by atoms with van der Waals surface area (Å²) in [6.07, 6.45) is 0. The summed E-state index contributed by atoms with van der Waals surface area (Å²) in [4.78, 5) is 31.1. The number of amides is 1. The summed E-state index contributed by atoms with van der Waals surface area (Å²) in [6.45, 7) is 3.04. The van der Waals surface area contributed by atoms with Gasteiger partial charge in [-0.1, -0.05) is 17.7 Å². The Morgan fingerprint density at radius 2 is 2.07 bits per heavy atom. The lowest BCUT2D eigenvalue weighted by atomic mass is 10.0. The highest BCUT2D eigenvalue weighted by Crippen LogP contribution is 2.40. The zero-order chi connectivity index (χ0) is 19.3. The van der Waals surface area contributed by atoms with Crippen molar-refractivity contribution in [1.82, 2.24) is 9.80 Å². The minimum atomic E-state index is -0.423. The smallest absolute Gasteiger partial charge is 0.290 e. The second kappa shape index (κ2) is 6.78. The topological polar surface area (TPSA) is 53.8 Å². The number of aryl methyl sites for hydroxylation is 1. The molecule has 1 aliphatic heterocycles. The number of hydrogen-bond acceptors (Lipinski definition) is 5. The molecule has 7 heteroatoms. The fourth-order valence-corrected chi connectivity index (χ4v) is 4.43. The van der Waals surface area contributed by atoms with Gasteiger partial charge in [-0.25, -0.2) is 0 Å². The van der Waals surface area contributed by atoms with E-state index in [2.05, 4.69) is 0 Å². The molecule has 0 N–H and O–H groups in total. The number of halogens is 1. The van der Waals surface area contributed by atoms with Crippen LogP contribution in [0.2, 0.25) is 5.02 Å². The Balaban J connectivity index is 1.95. The molecule has 5 nitrogen and oxygen atoms in total. The number of fused-ring (bicyclic) bond motifs is 2. The van der Waals surface area contributed by atoms with E-state index in [1.807, 2.05) is 43.4 Å². The standard InChI is InChI=1S/C20H19ClN2O3S/c1-11-9-14-12(10-13(11)21)18(24)16-17(15-5-4-8-27-15)23(7-6-22(2)3)20(25)19(16)26-14/h4-5,8-10,17H,6-7H2,1-3H3. The molecular weight excluding hydrogens is 384 g/mol. The second-order valence-electron chi connectivity index (χ2n) is 6.99. The Hall–Kier alpha value is -2.15. The highest BCUT2D eigenvalue weighted by atomic mass is 35.5. The molecule has 4 rings (SSSR count). The highest BCUT2D eigenvalue weighted by Gasteiger charge is 2.43. The number of carbonyl (C=O) groups is 1. The third-order valence-corrected chi connectivity index (χ3v) is 6.18. The third kappa shape index (κ3) is 2.98. The third-order valence-electron chi connectivity index (χ3n) is 4.85. The summed E-state index contributed by atoms with van der Waals surface area (Å²) < 4.78 is 5.94. The number of hydrogen-bond donors (Lipinski definition) is 0. The molecule has 0 aliphatic carbocycles. The van der Waals surface area contributed by atoms with Crippen molar-refractivity contribution < 1.29 is 9.21 Å². The molecule has 0 saturated carbocycles. The first-order valence-corrected chi connectivity index (χ1v) is 9.90. The molecule has 3 aromatic rings. The molecule has 0 fully saturated rings. The van der Waals surface area contributed by atoms with Crippen LogP contribution in [0, 0.1) is 6.92 Å². The van der Waals surface area contributed by atoms with Gasteiger partial charge in [-0.3, -0.25) is 9.59 Å². The van der Waals surface area contributed by atoms with E-state index in [-0.39, 0.29) is 17.1 Å². The van der Waals surface area contributed by atoms with Crippen LogP contribution in [0.25, 0.3) is 11.0 Å². The Morgan fingerprint density at radius 1 is 1.30 bits per heavy atom. The first-order valence-electron chi connectivity index (χ1n) is 8.64. The van der Waals surface area contributed by atoms with E-state index in [1.165, 1.54) is 11.3 Å². The molecule has 3 heterocycles. The predicted octanol–water partition coefficient (Wildman–Crippen LogP) is 3.92. The van der Waals surface area contributed by atoms with Gasteiger partial charge in [0.15, 0.2) is 5.43 Å². The van der Waals surface area contributed by atoms with Crippen molar-refractivity contribution >= 4 is 39.8 Å². The van der Waals surface area contributed by atoms with Gasteiger partial charge in [-0.05, 0) is 50.2 Å². The fourth-order valence-electron chi connectivity index (χ4n) is 3.42. The zero-order valence-electron chi connectivity index (χ0n) is 15.3. The van der Waals surface area contributed by atoms with E-state index in [4.69, 9.17) is 16.0 Å². The lowest BCUT2D eigenvalue weighted by molar-refractivity contribution is 0.0718. The number of carbonyl (C=O) groups excluding carboxylic acids is 1. The SMILES string of the molecule is Cc1cc2oc3c(c(=O)c2cc1Cl)C(c1cccs1)N(CCN(C)C)C3=O. The Kier molecular flexibility index (Phi) is 4.58. The summed E-state index contributed by atoms with van der Waals surface area (Å²) in [5.41, 5.74) is 1.42. The molecule has 0 spiro atoms. The predicted molar refractivity (Wildman–Crippen MR) is 108 cm³/mol. The zero-order valence-corrected chi connectivity index (χ0v) is 16.9. The van der Waals surface area contributed by atoms with E-state index < -0.39 is 6.04 Å². The molecule has 1 amide bonds. The van der Waals surface area contributed by atoms with Crippen molar-refractivity contribution in [3.05, 3.63) is 66.7 Å². The van der Waals surface area contributed by atoms with E-state index >= 15 is 0 Å². The molecule has 2 aromatic heterocycles. The minimum absolute atomic E-state index is 0.145. The average molecular weight is 403 g/mol. The Morgan fingerprint density at radius 3 is 2.74 bits per heavy atom. The van der Waals surface area contributed by atoms with Gasteiger partial charge in [0.05, 0.1) is 17.0 Å². The van der Waals surface area contributed by atoms with Crippen LogP contribution in [0.5, 0.6) is 0 Å². The van der Waals surface area contributed by atoms with Crippen molar-refractivity contribution in [1.29, 1.82) is 0 Å². The van der Waals surface area contributed by atoms with Gasteiger partial charge in [-0.15, -0.1) is 11.3 Å². The molecular formula is C20H19ClN2O3S. The highest BCUT2D eigenvalue weighted by molar-refractivity contribution is 7.10. The Bertz CT molecular complexity index is 1090. The summed E-state index contributed by atoms with van der Waals surface area (Å²) in [5.74, 6) is -0.0942. The lowest BCUT2D eigenvalue weighted by Gasteiger charge is -2.25. The van der Waals surface area contributed by atoms with Crippen molar-refractivity contribution in [2.75, 3.05) is 27.2 Å². The van der Waals surface area contributed by atoms with E-state index in [9.17, 15) is 9.59 Å². The van der Waals surface area contributed by atoms with Gasteiger partial charge in [0.2, 0.25) is 5.76 Å². The van der Waals surface area contributed by atoms with Crippen LogP contribution in [0.3, 0.4) is 0 Å². The molecule has 140 valence electrons. The Labute approximate surface area is 165 Å². The summed E-state index contributed by atoms with van der Waals surface area (Å²) >= 11 is 7.76. The van der Waals surface area contributed by atoms with Gasteiger partial charge in [0.1, 0.15) is 5.58 Å². The maximum Gasteiger partial charge on any atom is 0.290 e. The molecule has 27 heavy (non-hydrogen) atoms. The number of likely N-dealkylation sites (N-methyl/N-ethyl adjacent to an activating group) is 1. The number of benzene rings is 1. The van der Waals surface area contributed by atoms with Crippen LogP contribution < -0.4 is 5.43 Å². The fraction of sp³-hybridized carbons (Fsp3) is 0.300. The van der Waals surface area contributed by atoms with Gasteiger partial charge >= 0.3 is 0 Å². The first-order chi connectivity index (χ1) is 12.9. The quantitative estimate of drug-likeness (QED) is 0.663. The molecule has 0 bridgehead atoms. The van der Waals surface area contributed by atoms with Crippen molar-refractivity contribution in [3.63, 3.8) is 0 Å². The van der Waals surface area contributed by atoms with E-state index in [0.717, 1.165) is 10.4 Å². The number of nitrogens with zero attached hydrogens (tertiary/aromatic N) is 2. The van der Waals surface area contributed by atoms with Gasteiger partial charge in [0, 0.05) is 23.0 Å². The van der Waals surface area contributed by atoms with Crippen LogP contribution in [-0.2, 0) is 0 Å². The van der Waals surface area contributed by atoms with Gasteiger partial charge < -0.3 is 14.2 Å². The number of rotatable bonds is 4. The molecule has 0 saturated heterocycles. The van der Waals surface area contributed by atoms with E-state index in [1.54, 1.807) is 17.0 Å². The normalized spacial score (nSPS) is 16.6. The van der Waals surface area contributed by atoms with Gasteiger partial charge in [0.25, 0.3) is 5.91 Å². The first kappa shape index (κ1) is 18.2. The lowest BCUT2D eigenvalue weighted by Crippen LogP contribution is -2.35.